The van der Waals surface area contributed by atoms with E-state index in [9.17, 15) is 19.5 Å². The molecule has 180 valence electrons. The Morgan fingerprint density at radius 1 is 0.970 bits per heavy atom. The molecule has 1 aromatic carbocycles. The molecule has 2 aliphatic heterocycles. The number of aliphatic carboxylic acids is 1. The predicted octanol–water partition coefficient (Wildman–Crippen LogP) is 2.55. The van der Waals surface area contributed by atoms with Crippen molar-refractivity contribution in [1.82, 2.24) is 10.6 Å². The summed E-state index contributed by atoms with van der Waals surface area (Å²) in [4.78, 5) is 34.9. The van der Waals surface area contributed by atoms with Crippen LogP contribution in [-0.4, -0.2) is 53.3 Å². The molecular formula is C25H34N2O6. The van der Waals surface area contributed by atoms with Gasteiger partial charge in [0.1, 0.15) is 5.75 Å². The average molecular weight is 459 g/mol. The number of fused-ring (bicyclic) bond motifs is 2. The summed E-state index contributed by atoms with van der Waals surface area (Å²) < 4.78 is 6.07. The highest BCUT2D eigenvalue weighted by Gasteiger charge is 2.47. The van der Waals surface area contributed by atoms with Gasteiger partial charge in [0, 0.05) is 25.3 Å². The molecule has 8 heteroatoms. The lowest BCUT2D eigenvalue weighted by Crippen LogP contribution is -2.42. The van der Waals surface area contributed by atoms with Gasteiger partial charge < -0.3 is 25.6 Å². The minimum atomic E-state index is -0.769. The zero-order valence-electron chi connectivity index (χ0n) is 18.9. The van der Waals surface area contributed by atoms with E-state index in [2.05, 4.69) is 16.7 Å². The molecule has 2 amide bonds. The first kappa shape index (κ1) is 24.8. The van der Waals surface area contributed by atoms with Crippen molar-refractivity contribution in [2.75, 3.05) is 13.1 Å². The number of hydrogen-bond acceptors (Lipinski definition) is 5. The summed E-state index contributed by atoms with van der Waals surface area (Å²) in [6, 6.07) is 6.72. The lowest BCUT2D eigenvalue weighted by molar-refractivity contribution is -0.137. The van der Waals surface area contributed by atoms with Gasteiger partial charge in [-0.25, -0.2) is 0 Å². The number of carbonyl (C=O) groups is 3. The van der Waals surface area contributed by atoms with Gasteiger partial charge in [-0.1, -0.05) is 24.3 Å². The largest absolute Gasteiger partial charge is 0.508 e. The Balaban J connectivity index is 1.34. The van der Waals surface area contributed by atoms with Crippen molar-refractivity contribution in [3.05, 3.63) is 42.0 Å². The number of allylic oxidation sites excluding steroid dienone is 2. The van der Waals surface area contributed by atoms with E-state index in [0.29, 0.717) is 25.3 Å². The van der Waals surface area contributed by atoms with E-state index in [1.54, 1.807) is 24.3 Å². The number of phenols is 1. The number of aryl methyl sites for hydroxylation is 1. The number of aromatic hydroxyl groups is 1. The van der Waals surface area contributed by atoms with Gasteiger partial charge >= 0.3 is 5.97 Å². The van der Waals surface area contributed by atoms with Crippen LogP contribution in [0.1, 0.15) is 50.5 Å². The monoisotopic (exact) mass is 458 g/mol. The third kappa shape index (κ3) is 7.89. The Morgan fingerprint density at radius 3 is 2.42 bits per heavy atom. The number of benzene rings is 1. The summed E-state index contributed by atoms with van der Waals surface area (Å²) >= 11 is 0. The molecule has 4 atom stereocenters. The van der Waals surface area contributed by atoms with Gasteiger partial charge in [0.05, 0.1) is 18.8 Å². The van der Waals surface area contributed by atoms with Crippen LogP contribution < -0.4 is 10.6 Å². The number of carboxylic acids is 1. The number of unbranched alkanes of at least 4 members (excludes halogenated alkanes) is 1. The predicted molar refractivity (Wildman–Crippen MR) is 123 cm³/mol. The SMILES string of the molecule is O=C(O)CCCC=CC[C@H]1[C@@H](CNC(=O)CNC(=O)CCc2ccc(O)cc2)[C@H]2CC[C@@H]1O2. The number of rotatable bonds is 13. The van der Waals surface area contributed by atoms with Gasteiger partial charge in [0.2, 0.25) is 11.8 Å². The fourth-order valence-corrected chi connectivity index (χ4v) is 4.70. The van der Waals surface area contributed by atoms with Crippen LogP contribution >= 0.6 is 0 Å². The fourth-order valence-electron chi connectivity index (χ4n) is 4.70. The molecule has 4 N–H and O–H groups in total. The molecule has 2 aliphatic rings. The maximum atomic E-state index is 12.3. The number of hydrogen-bond donors (Lipinski definition) is 4. The molecule has 0 unspecified atom stereocenters. The summed E-state index contributed by atoms with van der Waals surface area (Å²) in [7, 11) is 0. The Hall–Kier alpha value is -2.87. The molecule has 3 rings (SSSR count). The third-order valence-corrected chi connectivity index (χ3v) is 6.48. The van der Waals surface area contributed by atoms with Crippen LogP contribution in [0.25, 0.3) is 0 Å². The summed E-state index contributed by atoms with van der Waals surface area (Å²) in [6.07, 6.45) is 9.86. The highest BCUT2D eigenvalue weighted by atomic mass is 16.5. The minimum absolute atomic E-state index is 0.0514. The van der Waals surface area contributed by atoms with Crippen molar-refractivity contribution in [2.45, 2.75) is 63.6 Å². The van der Waals surface area contributed by atoms with Gasteiger partial charge in [0.25, 0.3) is 0 Å². The topological polar surface area (TPSA) is 125 Å². The van der Waals surface area contributed by atoms with Crippen LogP contribution in [0, 0.1) is 11.8 Å². The van der Waals surface area contributed by atoms with Crippen LogP contribution in [-0.2, 0) is 25.5 Å². The van der Waals surface area contributed by atoms with E-state index in [0.717, 1.165) is 31.2 Å². The fraction of sp³-hybridized carbons (Fsp3) is 0.560. The molecule has 2 heterocycles. The first-order valence-electron chi connectivity index (χ1n) is 11.8. The Morgan fingerprint density at radius 2 is 1.70 bits per heavy atom. The number of nitrogens with one attached hydrogen (secondary N) is 2. The van der Waals surface area contributed by atoms with Gasteiger partial charge in [-0.05, 0) is 62.1 Å². The van der Waals surface area contributed by atoms with Gasteiger partial charge in [0.15, 0.2) is 0 Å². The summed E-state index contributed by atoms with van der Waals surface area (Å²) in [5.41, 5.74) is 0.950. The molecule has 2 saturated heterocycles. The second-order valence-electron chi connectivity index (χ2n) is 8.86. The normalized spacial score (nSPS) is 23.6. The molecule has 1 aromatic rings. The quantitative estimate of drug-likeness (QED) is 0.266. The second kappa shape index (κ2) is 12.4. The van der Waals surface area contributed by atoms with Crippen molar-refractivity contribution < 1.29 is 29.3 Å². The van der Waals surface area contributed by atoms with Gasteiger partial charge in [-0.3, -0.25) is 14.4 Å². The number of phenolic OH excluding ortho intramolecular Hbond substituents is 1. The Bertz CT molecular complexity index is 838. The van der Waals surface area contributed by atoms with Crippen LogP contribution in [0.15, 0.2) is 36.4 Å². The first-order chi connectivity index (χ1) is 15.9. The van der Waals surface area contributed by atoms with Crippen molar-refractivity contribution in [1.29, 1.82) is 0 Å². The van der Waals surface area contributed by atoms with Gasteiger partial charge in [-0.2, -0.15) is 0 Å². The van der Waals surface area contributed by atoms with Crippen LogP contribution in [0.2, 0.25) is 0 Å². The van der Waals surface area contributed by atoms with Crippen molar-refractivity contribution >= 4 is 17.8 Å². The van der Waals surface area contributed by atoms with E-state index in [4.69, 9.17) is 9.84 Å². The molecule has 8 nitrogen and oxygen atoms in total. The molecular weight excluding hydrogens is 424 g/mol. The first-order valence-corrected chi connectivity index (χ1v) is 11.8. The summed E-state index contributed by atoms with van der Waals surface area (Å²) in [6.45, 7) is 0.477. The van der Waals surface area contributed by atoms with Gasteiger partial charge in [-0.15, -0.1) is 0 Å². The maximum absolute atomic E-state index is 12.3. The minimum Gasteiger partial charge on any atom is -0.508 e. The smallest absolute Gasteiger partial charge is 0.303 e. The number of ether oxygens (including phenoxy) is 1. The Kier molecular flexibility index (Phi) is 9.30. The summed E-state index contributed by atoms with van der Waals surface area (Å²) in [5.74, 6) is -0.378. The van der Waals surface area contributed by atoms with E-state index in [-0.39, 0.29) is 55.1 Å². The van der Waals surface area contributed by atoms with E-state index >= 15 is 0 Å². The van der Waals surface area contributed by atoms with Crippen LogP contribution in [0.5, 0.6) is 5.75 Å². The van der Waals surface area contributed by atoms with E-state index in [1.165, 1.54) is 0 Å². The van der Waals surface area contributed by atoms with Crippen LogP contribution in [0.3, 0.4) is 0 Å². The molecule has 2 fully saturated rings. The molecule has 0 spiro atoms. The molecule has 2 bridgehead atoms. The molecule has 0 aromatic heterocycles. The van der Waals surface area contributed by atoms with Crippen molar-refractivity contribution in [3.63, 3.8) is 0 Å². The number of amides is 2. The molecule has 0 saturated carbocycles. The zero-order valence-corrected chi connectivity index (χ0v) is 18.9. The second-order valence-corrected chi connectivity index (χ2v) is 8.86. The number of carbonyl (C=O) groups excluding carboxylic acids is 2. The standard InChI is InChI=1S/C25H34N2O6/c28-18-10-7-17(8-11-18)9-14-23(29)27-16-24(30)26-15-20-19(21-12-13-22(20)33-21)5-3-1-2-4-6-25(31)32/h1,3,7-8,10-11,19-22,28H,2,4-6,9,12-16H2,(H,26,30)(H,27,29)(H,31,32)/t19-,20+,21-,22+/m0/s1. The summed E-state index contributed by atoms with van der Waals surface area (Å²) in [5, 5.41) is 23.6. The lowest BCUT2D eigenvalue weighted by atomic mass is 9.77. The van der Waals surface area contributed by atoms with E-state index < -0.39 is 5.97 Å². The molecule has 33 heavy (non-hydrogen) atoms. The highest BCUT2D eigenvalue weighted by molar-refractivity contribution is 5.84. The van der Waals surface area contributed by atoms with Crippen molar-refractivity contribution in [2.24, 2.45) is 11.8 Å². The zero-order chi connectivity index (χ0) is 23.6. The average Bonchev–Trinajstić information content (AvgIpc) is 3.40. The maximum Gasteiger partial charge on any atom is 0.303 e. The Labute approximate surface area is 194 Å². The van der Waals surface area contributed by atoms with E-state index in [1.807, 2.05) is 6.08 Å². The lowest BCUT2D eigenvalue weighted by Gasteiger charge is -2.27. The van der Waals surface area contributed by atoms with Crippen LogP contribution in [0.4, 0.5) is 0 Å². The molecule has 0 aliphatic carbocycles. The number of carboxylic acid groups (broad SMARTS) is 1. The highest BCUT2D eigenvalue weighted by Crippen LogP contribution is 2.44. The third-order valence-electron chi connectivity index (χ3n) is 6.48. The van der Waals surface area contributed by atoms with Crippen molar-refractivity contribution in [3.8, 4) is 5.75 Å². The molecule has 0 radical (unpaired) electrons.